The molecule has 0 aliphatic rings. The summed E-state index contributed by atoms with van der Waals surface area (Å²) in [6.45, 7) is 0. The largest absolute Gasteiger partial charge is 0.457 e. The lowest BCUT2D eigenvalue weighted by molar-refractivity contribution is -0.389. The van der Waals surface area contributed by atoms with Crippen LogP contribution >= 0.6 is 31.9 Å². The zero-order chi connectivity index (χ0) is 16.9. The summed E-state index contributed by atoms with van der Waals surface area (Å²) in [6, 6.07) is 1.46. The maximum Gasteiger partial charge on any atom is 0.457 e. The van der Waals surface area contributed by atoms with E-state index in [1.165, 1.54) is 0 Å². The molecule has 0 fully saturated rings. The van der Waals surface area contributed by atoms with Gasteiger partial charge in [-0.05, 0) is 18.2 Å². The van der Waals surface area contributed by atoms with Crippen LogP contribution in [0.25, 0.3) is 0 Å². The van der Waals surface area contributed by atoms with Gasteiger partial charge in [0.2, 0.25) is 0 Å². The fourth-order valence-electron chi connectivity index (χ4n) is 1.47. The van der Waals surface area contributed by atoms with Gasteiger partial charge in [0.1, 0.15) is 0 Å². The molecule has 0 bridgehead atoms. The second-order valence-electron chi connectivity index (χ2n) is 3.89. The molecule has 0 aliphatic carbocycles. The van der Waals surface area contributed by atoms with Crippen molar-refractivity contribution in [1.82, 2.24) is 0 Å². The predicted molar refractivity (Wildman–Crippen MR) is 61.7 cm³/mol. The Bertz CT molecular complexity index is 514. The summed E-state index contributed by atoms with van der Waals surface area (Å²) < 4.78 is 115. The summed E-state index contributed by atoms with van der Waals surface area (Å²) in [5.74, 6) is -6.67. The van der Waals surface area contributed by atoms with E-state index >= 15 is 0 Å². The molecular weight excluding hydrogens is 451 g/mol. The van der Waals surface area contributed by atoms with E-state index in [4.69, 9.17) is 0 Å². The van der Waals surface area contributed by atoms with Gasteiger partial charge in [-0.1, -0.05) is 31.9 Å². The van der Waals surface area contributed by atoms with E-state index in [2.05, 4.69) is 31.9 Å². The zero-order valence-corrected chi connectivity index (χ0v) is 12.6. The second kappa shape index (κ2) is 5.32. The highest BCUT2D eigenvalue weighted by molar-refractivity contribution is 9.11. The first kappa shape index (κ1) is 18.6. The summed E-state index contributed by atoms with van der Waals surface area (Å²) in [5.41, 5.74) is -7.80. The van der Waals surface area contributed by atoms with Crippen LogP contribution < -0.4 is 0 Å². The molecule has 0 aliphatic heterocycles. The van der Waals surface area contributed by atoms with Crippen LogP contribution in [0.5, 0.6) is 0 Å². The lowest BCUT2D eigenvalue weighted by Crippen LogP contribution is -2.59. The lowest BCUT2D eigenvalue weighted by Gasteiger charge is -2.36. The molecule has 1 aromatic carbocycles. The zero-order valence-electron chi connectivity index (χ0n) is 9.39. The molecule has 1 aromatic rings. The number of hydrogen-bond donors (Lipinski definition) is 0. The minimum Gasteiger partial charge on any atom is -0.221 e. The normalized spacial score (nSPS) is 16.7. The van der Waals surface area contributed by atoms with Crippen LogP contribution in [0, 0.1) is 0 Å². The first-order valence-corrected chi connectivity index (χ1v) is 6.40. The van der Waals surface area contributed by atoms with Gasteiger partial charge < -0.3 is 0 Å². The molecule has 1 unspecified atom stereocenters. The van der Waals surface area contributed by atoms with Crippen molar-refractivity contribution in [2.24, 2.45) is 0 Å². The first-order chi connectivity index (χ1) is 9.14. The van der Waals surface area contributed by atoms with Crippen molar-refractivity contribution in [3.8, 4) is 0 Å². The molecule has 11 heteroatoms. The quantitative estimate of drug-likeness (QED) is 0.472. The highest BCUT2D eigenvalue weighted by atomic mass is 79.9. The van der Waals surface area contributed by atoms with Gasteiger partial charge in [-0.25, -0.2) is 4.39 Å². The Kier molecular flexibility index (Phi) is 4.71. The minimum atomic E-state index is -6.73. The van der Waals surface area contributed by atoms with E-state index in [1.807, 2.05) is 0 Å². The van der Waals surface area contributed by atoms with Crippen LogP contribution in [0.1, 0.15) is 5.56 Å². The minimum absolute atomic E-state index is 0.206. The monoisotopic (exact) mass is 452 g/mol. The standard InChI is InChI=1S/C10H3Br2F9/c11-5-1-4(2-6(12)3-5)7(13,9(16,17)18)8(14,15)10(19,20)21/h1-3H. The Hall–Kier alpha value is -0.450. The highest BCUT2D eigenvalue weighted by Crippen LogP contribution is 2.58. The van der Waals surface area contributed by atoms with Gasteiger partial charge in [0.05, 0.1) is 0 Å². The molecule has 120 valence electrons. The van der Waals surface area contributed by atoms with Crippen LogP contribution in [0.2, 0.25) is 0 Å². The van der Waals surface area contributed by atoms with Crippen molar-refractivity contribution >= 4 is 31.9 Å². The summed E-state index contributed by atoms with van der Waals surface area (Å²) in [5, 5.41) is 0. The molecule has 0 aromatic heterocycles. The molecule has 0 N–H and O–H groups in total. The van der Waals surface area contributed by atoms with Crippen molar-refractivity contribution in [3.63, 3.8) is 0 Å². The summed E-state index contributed by atoms with van der Waals surface area (Å²) in [4.78, 5) is 0. The van der Waals surface area contributed by atoms with Crippen molar-refractivity contribution in [1.29, 1.82) is 0 Å². The smallest absolute Gasteiger partial charge is 0.221 e. The van der Waals surface area contributed by atoms with E-state index < -0.39 is 29.5 Å². The van der Waals surface area contributed by atoms with Crippen LogP contribution in [0.3, 0.4) is 0 Å². The Morgan fingerprint density at radius 3 is 1.29 bits per heavy atom. The molecule has 21 heavy (non-hydrogen) atoms. The van der Waals surface area contributed by atoms with Crippen molar-refractivity contribution < 1.29 is 39.5 Å². The fourth-order valence-corrected chi connectivity index (χ4v) is 2.76. The van der Waals surface area contributed by atoms with E-state index in [0.717, 1.165) is 6.07 Å². The number of rotatable bonds is 2. The van der Waals surface area contributed by atoms with Gasteiger partial charge in [0, 0.05) is 14.5 Å². The number of halogens is 11. The molecule has 0 saturated heterocycles. The SMILES string of the molecule is FC(F)(F)C(F)(F)C(F)(c1cc(Br)cc(Br)c1)C(F)(F)F. The van der Waals surface area contributed by atoms with E-state index in [-0.39, 0.29) is 21.1 Å². The molecule has 0 saturated carbocycles. The fraction of sp³-hybridized carbons (Fsp3) is 0.400. The van der Waals surface area contributed by atoms with Gasteiger partial charge in [-0.3, -0.25) is 0 Å². The topological polar surface area (TPSA) is 0 Å². The van der Waals surface area contributed by atoms with E-state index in [0.29, 0.717) is 0 Å². The number of benzene rings is 1. The third-order valence-electron chi connectivity index (χ3n) is 2.44. The van der Waals surface area contributed by atoms with E-state index in [1.54, 1.807) is 0 Å². The van der Waals surface area contributed by atoms with Gasteiger partial charge in [0.15, 0.2) is 0 Å². The third-order valence-corrected chi connectivity index (χ3v) is 3.36. The van der Waals surface area contributed by atoms with Gasteiger partial charge >= 0.3 is 23.9 Å². The average molecular weight is 454 g/mol. The molecule has 1 rings (SSSR count). The van der Waals surface area contributed by atoms with Crippen LogP contribution in [-0.2, 0) is 5.67 Å². The average Bonchev–Trinajstić information content (AvgIpc) is 2.22. The Labute approximate surface area is 128 Å². The van der Waals surface area contributed by atoms with Crippen molar-refractivity contribution in [2.45, 2.75) is 23.9 Å². The molecule has 0 radical (unpaired) electrons. The lowest BCUT2D eigenvalue weighted by atomic mass is 9.88. The van der Waals surface area contributed by atoms with Gasteiger partial charge in [-0.15, -0.1) is 0 Å². The predicted octanol–water partition coefficient (Wildman–Crippen LogP) is 6.14. The second-order valence-corrected chi connectivity index (χ2v) is 5.72. The Balaban J connectivity index is 3.71. The van der Waals surface area contributed by atoms with Crippen molar-refractivity contribution in [3.05, 3.63) is 32.7 Å². The van der Waals surface area contributed by atoms with Crippen LogP contribution in [0.4, 0.5) is 39.5 Å². The number of alkyl halides is 9. The highest BCUT2D eigenvalue weighted by Gasteiger charge is 2.81. The third kappa shape index (κ3) is 3.03. The molecule has 0 spiro atoms. The van der Waals surface area contributed by atoms with Gasteiger partial charge in [-0.2, -0.15) is 35.1 Å². The first-order valence-electron chi connectivity index (χ1n) is 4.81. The van der Waals surface area contributed by atoms with Gasteiger partial charge in [0.25, 0.3) is 0 Å². The molecular formula is C10H3Br2F9. The summed E-state index contributed by atoms with van der Waals surface area (Å²) in [6.07, 6.45) is -13.2. The van der Waals surface area contributed by atoms with Crippen LogP contribution in [0.15, 0.2) is 27.1 Å². The van der Waals surface area contributed by atoms with E-state index in [9.17, 15) is 39.5 Å². The van der Waals surface area contributed by atoms with Crippen LogP contribution in [-0.4, -0.2) is 18.3 Å². The summed E-state index contributed by atoms with van der Waals surface area (Å²) >= 11 is 5.20. The Morgan fingerprint density at radius 1 is 0.619 bits per heavy atom. The molecule has 0 heterocycles. The maximum absolute atomic E-state index is 14.0. The summed E-state index contributed by atoms with van der Waals surface area (Å²) in [7, 11) is 0. The number of hydrogen-bond acceptors (Lipinski definition) is 0. The maximum atomic E-state index is 14.0. The van der Waals surface area contributed by atoms with Crippen molar-refractivity contribution in [2.75, 3.05) is 0 Å². The molecule has 1 atom stereocenters. The molecule has 0 nitrogen and oxygen atoms in total. The Morgan fingerprint density at radius 2 is 1.00 bits per heavy atom. The molecule has 0 amide bonds.